The molecule has 0 aliphatic carbocycles. The first-order chi connectivity index (χ1) is 13.8. The summed E-state index contributed by atoms with van der Waals surface area (Å²) in [5.41, 5.74) is 0.907. The number of carbonyl (C=O) groups excluding carboxylic acids is 2. The molecule has 180 valence electrons. The zero-order valence-corrected chi connectivity index (χ0v) is 24.6. The minimum Gasteiger partial charge on any atom is -0.550 e. The third-order valence-electron chi connectivity index (χ3n) is 5.12. The van der Waals surface area contributed by atoms with E-state index in [1.165, 1.54) is 51.4 Å². The molecule has 0 unspecified atom stereocenters. The maximum atomic E-state index is 10.1. The Kier molecular flexibility index (Phi) is 24.3. The van der Waals surface area contributed by atoms with Gasteiger partial charge in [-0.2, -0.15) is 0 Å². The van der Waals surface area contributed by atoms with Gasteiger partial charge in [-0.25, -0.2) is 0 Å². The van der Waals surface area contributed by atoms with Gasteiger partial charge in [0.05, 0.1) is 0 Å². The number of rotatable bonds is 16. The van der Waals surface area contributed by atoms with Gasteiger partial charge >= 0.3 is 19.5 Å². The Bertz CT molecular complexity index is 382. The molecule has 0 saturated carbocycles. The largest absolute Gasteiger partial charge is 2.00 e. The molecular formula is C26H50O4Zn. The molecule has 31 heavy (non-hydrogen) atoms. The molecule has 0 N–H and O–H groups in total. The maximum absolute atomic E-state index is 10.1. The summed E-state index contributed by atoms with van der Waals surface area (Å²) >= 11 is 0. The molecule has 0 aromatic carbocycles. The topological polar surface area (TPSA) is 80.3 Å². The molecule has 0 aromatic heterocycles. The van der Waals surface area contributed by atoms with E-state index in [1.807, 2.05) is 0 Å². The monoisotopic (exact) mass is 490 g/mol. The second-order valence-corrected chi connectivity index (χ2v) is 11.1. The van der Waals surface area contributed by atoms with Crippen molar-refractivity contribution in [1.82, 2.24) is 0 Å². The predicted octanol–water partition coefficient (Wildman–Crippen LogP) is 5.80. The van der Waals surface area contributed by atoms with Crippen molar-refractivity contribution in [2.24, 2.45) is 10.8 Å². The molecule has 0 heterocycles. The van der Waals surface area contributed by atoms with Gasteiger partial charge in [-0.1, -0.05) is 106 Å². The van der Waals surface area contributed by atoms with Gasteiger partial charge < -0.3 is 19.8 Å². The smallest absolute Gasteiger partial charge is 0.550 e. The van der Waals surface area contributed by atoms with Crippen LogP contribution in [0.5, 0.6) is 0 Å². The molecule has 0 spiro atoms. The number of unbranched alkanes of at least 4 members (excludes halogenated alkanes) is 10. The van der Waals surface area contributed by atoms with E-state index in [4.69, 9.17) is 0 Å². The molecule has 0 fully saturated rings. The first kappa shape index (κ1) is 35.2. The molecular weight excluding hydrogens is 442 g/mol. The summed E-state index contributed by atoms with van der Waals surface area (Å²) in [5, 5.41) is 20.3. The fourth-order valence-corrected chi connectivity index (χ4v) is 3.26. The molecule has 0 aliphatic rings. The zero-order chi connectivity index (χ0) is 23.5. The van der Waals surface area contributed by atoms with Crippen molar-refractivity contribution >= 4 is 11.9 Å². The number of aliphatic carboxylic acids is 2. The summed E-state index contributed by atoms with van der Waals surface area (Å²) < 4.78 is 0. The van der Waals surface area contributed by atoms with Crippen LogP contribution in [0.25, 0.3) is 0 Å². The first-order valence-electron chi connectivity index (χ1n) is 12.2. The van der Waals surface area contributed by atoms with Gasteiger partial charge in [-0.05, 0) is 49.4 Å². The fourth-order valence-electron chi connectivity index (χ4n) is 3.26. The fraction of sp³-hybridized carbons (Fsp3) is 0.923. The van der Waals surface area contributed by atoms with Crippen LogP contribution < -0.4 is 10.2 Å². The van der Waals surface area contributed by atoms with Crippen molar-refractivity contribution in [2.75, 3.05) is 0 Å². The zero-order valence-electron chi connectivity index (χ0n) is 21.7. The molecule has 0 radical (unpaired) electrons. The molecule has 0 aromatic rings. The Balaban J connectivity index is -0.000000490. The SMILES string of the molecule is CC(C)(C)CCCCCCCCC(=O)[O-].CC(C)(C)CCCCCCCCC(=O)[O-].[Zn+2]. The molecule has 0 saturated heterocycles. The number of hydrogen-bond donors (Lipinski definition) is 0. The summed E-state index contributed by atoms with van der Waals surface area (Å²) in [6.07, 6.45) is 16.6. The van der Waals surface area contributed by atoms with Crippen LogP contribution in [0, 0.1) is 10.8 Å². The summed E-state index contributed by atoms with van der Waals surface area (Å²) in [7, 11) is 0. The Morgan fingerprint density at radius 3 is 0.935 bits per heavy atom. The van der Waals surface area contributed by atoms with E-state index in [1.54, 1.807) is 0 Å². The van der Waals surface area contributed by atoms with Crippen molar-refractivity contribution in [1.29, 1.82) is 0 Å². The van der Waals surface area contributed by atoms with Crippen molar-refractivity contribution in [2.45, 2.75) is 144 Å². The van der Waals surface area contributed by atoms with Crippen molar-refractivity contribution in [3.05, 3.63) is 0 Å². The van der Waals surface area contributed by atoms with E-state index in [0.29, 0.717) is 10.8 Å². The van der Waals surface area contributed by atoms with Crippen molar-refractivity contribution < 1.29 is 39.3 Å². The van der Waals surface area contributed by atoms with Crippen LogP contribution in [0.1, 0.15) is 144 Å². The van der Waals surface area contributed by atoms with Crippen LogP contribution in [0.15, 0.2) is 0 Å². The maximum Gasteiger partial charge on any atom is 2.00 e. The van der Waals surface area contributed by atoms with Gasteiger partial charge in [-0.15, -0.1) is 0 Å². The summed E-state index contributed by atoms with van der Waals surface area (Å²) in [6, 6.07) is 0. The Hall–Kier alpha value is -0.437. The first-order valence-corrected chi connectivity index (χ1v) is 12.2. The van der Waals surface area contributed by atoms with Crippen molar-refractivity contribution in [3.8, 4) is 0 Å². The van der Waals surface area contributed by atoms with Crippen LogP contribution in [-0.2, 0) is 29.1 Å². The predicted molar refractivity (Wildman–Crippen MR) is 123 cm³/mol. The van der Waals surface area contributed by atoms with Gasteiger partial charge in [0, 0.05) is 11.9 Å². The van der Waals surface area contributed by atoms with E-state index in [0.717, 1.165) is 38.5 Å². The third kappa shape index (κ3) is 40.5. The van der Waals surface area contributed by atoms with E-state index in [2.05, 4.69) is 41.5 Å². The Morgan fingerprint density at radius 2 is 0.710 bits per heavy atom. The molecule has 0 amide bonds. The average Bonchev–Trinajstić information content (AvgIpc) is 2.58. The molecule has 0 atom stereocenters. The average molecular weight is 492 g/mol. The van der Waals surface area contributed by atoms with E-state index in [-0.39, 0.29) is 32.3 Å². The second-order valence-electron chi connectivity index (χ2n) is 11.1. The second kappa shape index (κ2) is 21.4. The quantitative estimate of drug-likeness (QED) is 0.202. The van der Waals surface area contributed by atoms with Gasteiger partial charge in [0.1, 0.15) is 0 Å². The number of hydrogen-bond acceptors (Lipinski definition) is 4. The van der Waals surface area contributed by atoms with Gasteiger partial charge in [-0.3, -0.25) is 0 Å². The Morgan fingerprint density at radius 1 is 0.484 bits per heavy atom. The minimum atomic E-state index is -0.914. The molecule has 4 nitrogen and oxygen atoms in total. The molecule has 0 rings (SSSR count). The summed E-state index contributed by atoms with van der Waals surface area (Å²) in [5.74, 6) is -1.83. The van der Waals surface area contributed by atoms with Gasteiger partial charge in [0.15, 0.2) is 0 Å². The van der Waals surface area contributed by atoms with Crippen molar-refractivity contribution in [3.63, 3.8) is 0 Å². The van der Waals surface area contributed by atoms with Gasteiger partial charge in [0.25, 0.3) is 0 Å². The normalized spacial score (nSPS) is 11.3. The summed E-state index contributed by atoms with van der Waals surface area (Å²) in [4.78, 5) is 20.3. The van der Waals surface area contributed by atoms with Crippen LogP contribution in [0.4, 0.5) is 0 Å². The van der Waals surface area contributed by atoms with E-state index in [9.17, 15) is 19.8 Å². The Labute approximate surface area is 206 Å². The van der Waals surface area contributed by atoms with Crippen LogP contribution in [0.3, 0.4) is 0 Å². The minimum absolute atomic E-state index is 0. The standard InChI is InChI=1S/2C13H26O2.Zn/c2*1-13(2,3)11-9-7-5-4-6-8-10-12(14)15;/h2*4-11H2,1-3H3,(H,14,15);/q;;+2/p-2. The van der Waals surface area contributed by atoms with E-state index < -0.39 is 11.9 Å². The number of carbonyl (C=O) groups is 2. The van der Waals surface area contributed by atoms with E-state index >= 15 is 0 Å². The molecule has 5 heteroatoms. The van der Waals surface area contributed by atoms with Gasteiger partial charge in [0.2, 0.25) is 0 Å². The van der Waals surface area contributed by atoms with Crippen LogP contribution >= 0.6 is 0 Å². The van der Waals surface area contributed by atoms with Crippen LogP contribution in [-0.4, -0.2) is 11.9 Å². The number of carboxylic acids is 2. The summed E-state index contributed by atoms with van der Waals surface area (Å²) in [6.45, 7) is 13.6. The molecule has 0 aliphatic heterocycles. The molecule has 0 bridgehead atoms. The van der Waals surface area contributed by atoms with Crippen LogP contribution in [0.2, 0.25) is 0 Å². The number of carboxylic acid groups (broad SMARTS) is 2. The third-order valence-corrected chi connectivity index (χ3v) is 5.12.